The number of hydrogen-bond acceptors (Lipinski definition) is 4. The highest BCUT2D eigenvalue weighted by Crippen LogP contribution is 2.37. The number of fused-ring (bicyclic) bond motifs is 1. The van der Waals surface area contributed by atoms with Gasteiger partial charge in [-0.2, -0.15) is 5.10 Å². The van der Waals surface area contributed by atoms with Gasteiger partial charge in [-0.1, -0.05) is 0 Å². The minimum absolute atomic E-state index is 0. The average Bonchev–Trinajstić information content (AvgIpc) is 2.95. The SMILES string of the molecule is CN1N=C(C(=O)N2CC3CCC(N)C3C2)CCC1=O.Cl. The predicted octanol–water partition coefficient (Wildman–Crippen LogP) is 0.212. The zero-order chi connectivity index (χ0) is 13.6. The van der Waals surface area contributed by atoms with Crippen LogP contribution >= 0.6 is 12.4 Å². The van der Waals surface area contributed by atoms with Crippen molar-refractivity contribution in [2.24, 2.45) is 22.7 Å². The molecule has 0 aromatic heterocycles. The van der Waals surface area contributed by atoms with Crippen molar-refractivity contribution in [3.05, 3.63) is 0 Å². The molecule has 6 nitrogen and oxygen atoms in total. The summed E-state index contributed by atoms with van der Waals surface area (Å²) in [7, 11) is 1.60. The molecule has 0 spiro atoms. The fraction of sp³-hybridized carbons (Fsp3) is 0.769. The van der Waals surface area contributed by atoms with Crippen LogP contribution in [0.25, 0.3) is 0 Å². The Morgan fingerprint density at radius 1 is 1.30 bits per heavy atom. The van der Waals surface area contributed by atoms with Crippen molar-refractivity contribution in [2.45, 2.75) is 31.7 Å². The van der Waals surface area contributed by atoms with Gasteiger partial charge < -0.3 is 10.6 Å². The third kappa shape index (κ3) is 2.54. The molecule has 2 N–H and O–H groups in total. The van der Waals surface area contributed by atoms with Crippen molar-refractivity contribution >= 4 is 29.9 Å². The van der Waals surface area contributed by atoms with Crippen LogP contribution in [-0.2, 0) is 9.59 Å². The lowest BCUT2D eigenvalue weighted by Gasteiger charge is -2.23. The van der Waals surface area contributed by atoms with Gasteiger partial charge >= 0.3 is 0 Å². The van der Waals surface area contributed by atoms with Crippen LogP contribution in [0.2, 0.25) is 0 Å². The Labute approximate surface area is 124 Å². The molecule has 2 aliphatic heterocycles. The summed E-state index contributed by atoms with van der Waals surface area (Å²) in [6.45, 7) is 1.55. The van der Waals surface area contributed by atoms with Crippen LogP contribution in [0.1, 0.15) is 25.7 Å². The second kappa shape index (κ2) is 5.69. The van der Waals surface area contributed by atoms with Gasteiger partial charge in [0.15, 0.2) is 0 Å². The zero-order valence-electron chi connectivity index (χ0n) is 11.6. The summed E-state index contributed by atoms with van der Waals surface area (Å²) >= 11 is 0. The number of amides is 2. The van der Waals surface area contributed by atoms with Crippen LogP contribution in [0.15, 0.2) is 5.10 Å². The molecule has 1 aliphatic carbocycles. The maximum atomic E-state index is 12.4. The summed E-state index contributed by atoms with van der Waals surface area (Å²) in [5, 5.41) is 5.38. The van der Waals surface area contributed by atoms with Crippen LogP contribution < -0.4 is 5.73 Å². The molecule has 2 heterocycles. The van der Waals surface area contributed by atoms with Crippen LogP contribution in [0.4, 0.5) is 0 Å². The van der Waals surface area contributed by atoms with Gasteiger partial charge in [-0.25, -0.2) is 5.01 Å². The van der Waals surface area contributed by atoms with Crippen molar-refractivity contribution in [3.8, 4) is 0 Å². The number of rotatable bonds is 1. The topological polar surface area (TPSA) is 79.0 Å². The normalized spacial score (nSPS) is 32.8. The molecule has 112 valence electrons. The third-order valence-corrected chi connectivity index (χ3v) is 4.65. The quantitative estimate of drug-likeness (QED) is 0.752. The maximum absolute atomic E-state index is 12.4. The summed E-state index contributed by atoms with van der Waals surface area (Å²) < 4.78 is 0. The number of hydrogen-bond donors (Lipinski definition) is 1. The lowest BCUT2D eigenvalue weighted by molar-refractivity contribution is -0.130. The van der Waals surface area contributed by atoms with Crippen molar-refractivity contribution < 1.29 is 9.59 Å². The van der Waals surface area contributed by atoms with Gasteiger partial charge in [0, 0.05) is 39.0 Å². The highest BCUT2D eigenvalue weighted by atomic mass is 35.5. The highest BCUT2D eigenvalue weighted by molar-refractivity contribution is 6.39. The van der Waals surface area contributed by atoms with Crippen LogP contribution in [-0.4, -0.2) is 53.6 Å². The molecule has 2 fully saturated rings. The summed E-state index contributed by atoms with van der Waals surface area (Å²) in [5.41, 5.74) is 6.59. The fourth-order valence-corrected chi connectivity index (χ4v) is 3.48. The lowest BCUT2D eigenvalue weighted by Crippen LogP contribution is -2.40. The minimum atomic E-state index is -0.0307. The Hall–Kier alpha value is -1.14. The van der Waals surface area contributed by atoms with Gasteiger partial charge in [-0.05, 0) is 24.7 Å². The molecule has 3 aliphatic rings. The molecule has 3 unspecified atom stereocenters. The first-order valence-corrected chi connectivity index (χ1v) is 6.95. The molecule has 1 saturated heterocycles. The van der Waals surface area contributed by atoms with Gasteiger partial charge in [0.05, 0.1) is 0 Å². The van der Waals surface area contributed by atoms with E-state index in [1.165, 1.54) is 5.01 Å². The molecular formula is C13H21ClN4O2. The van der Waals surface area contributed by atoms with Crippen LogP contribution in [0.5, 0.6) is 0 Å². The molecule has 0 aromatic rings. The van der Waals surface area contributed by atoms with E-state index in [0.717, 1.165) is 25.9 Å². The molecule has 3 atom stereocenters. The first kappa shape index (κ1) is 15.3. The van der Waals surface area contributed by atoms with E-state index in [1.54, 1.807) is 7.05 Å². The molecule has 7 heteroatoms. The van der Waals surface area contributed by atoms with E-state index < -0.39 is 0 Å². The van der Waals surface area contributed by atoms with E-state index in [-0.39, 0.29) is 30.3 Å². The van der Waals surface area contributed by atoms with E-state index in [4.69, 9.17) is 5.73 Å². The average molecular weight is 301 g/mol. The molecule has 0 bridgehead atoms. The second-order valence-electron chi connectivity index (χ2n) is 5.84. The van der Waals surface area contributed by atoms with Crippen molar-refractivity contribution in [3.63, 3.8) is 0 Å². The van der Waals surface area contributed by atoms with E-state index in [2.05, 4.69) is 5.10 Å². The Morgan fingerprint density at radius 3 is 2.70 bits per heavy atom. The van der Waals surface area contributed by atoms with E-state index in [0.29, 0.717) is 30.4 Å². The fourth-order valence-electron chi connectivity index (χ4n) is 3.48. The van der Waals surface area contributed by atoms with Gasteiger partial charge in [-0.3, -0.25) is 9.59 Å². The van der Waals surface area contributed by atoms with Crippen molar-refractivity contribution in [2.75, 3.05) is 20.1 Å². The molecular weight excluding hydrogens is 280 g/mol. The maximum Gasteiger partial charge on any atom is 0.270 e. The molecule has 0 radical (unpaired) electrons. The summed E-state index contributed by atoms with van der Waals surface area (Å²) in [5.74, 6) is 0.966. The molecule has 2 amide bonds. The Balaban J connectivity index is 0.00000147. The van der Waals surface area contributed by atoms with Crippen LogP contribution in [0.3, 0.4) is 0 Å². The zero-order valence-corrected chi connectivity index (χ0v) is 12.4. The predicted molar refractivity (Wildman–Crippen MR) is 77.5 cm³/mol. The van der Waals surface area contributed by atoms with Gasteiger partial charge in [0.2, 0.25) is 5.91 Å². The summed E-state index contributed by atoms with van der Waals surface area (Å²) in [4.78, 5) is 25.6. The van der Waals surface area contributed by atoms with E-state index in [1.807, 2.05) is 4.90 Å². The largest absolute Gasteiger partial charge is 0.337 e. The molecule has 0 aromatic carbocycles. The van der Waals surface area contributed by atoms with Gasteiger partial charge in [0.25, 0.3) is 5.91 Å². The number of nitrogens with zero attached hydrogens (tertiary/aromatic N) is 3. The van der Waals surface area contributed by atoms with Crippen LogP contribution in [0, 0.1) is 11.8 Å². The first-order chi connectivity index (χ1) is 9.06. The first-order valence-electron chi connectivity index (χ1n) is 6.95. The number of carbonyl (C=O) groups is 2. The third-order valence-electron chi connectivity index (χ3n) is 4.65. The van der Waals surface area contributed by atoms with Gasteiger partial charge in [-0.15, -0.1) is 12.4 Å². The van der Waals surface area contributed by atoms with Crippen molar-refractivity contribution in [1.82, 2.24) is 9.91 Å². The highest BCUT2D eigenvalue weighted by Gasteiger charge is 2.43. The smallest absolute Gasteiger partial charge is 0.270 e. The van der Waals surface area contributed by atoms with Gasteiger partial charge in [0.1, 0.15) is 5.71 Å². The lowest BCUT2D eigenvalue weighted by atomic mass is 9.98. The number of hydrazone groups is 1. The van der Waals surface area contributed by atoms with E-state index >= 15 is 0 Å². The molecule has 3 rings (SSSR count). The second-order valence-corrected chi connectivity index (χ2v) is 5.84. The number of halogens is 1. The summed E-state index contributed by atoms with van der Waals surface area (Å²) in [6, 6.07) is 0.236. The standard InChI is InChI=1S/C13H20N4O2.ClH/c1-16-12(18)5-4-11(15-16)13(19)17-6-8-2-3-10(14)9(8)7-17;/h8-10H,2-7,14H2,1H3;1H. The summed E-state index contributed by atoms with van der Waals surface area (Å²) in [6.07, 6.45) is 3.04. The Bertz CT molecular complexity index is 454. The minimum Gasteiger partial charge on any atom is -0.337 e. The van der Waals surface area contributed by atoms with Crippen molar-refractivity contribution in [1.29, 1.82) is 0 Å². The molecule has 20 heavy (non-hydrogen) atoms. The number of likely N-dealkylation sites (tertiary alicyclic amines) is 1. The Kier molecular flexibility index (Phi) is 4.34. The molecule has 1 saturated carbocycles. The number of carbonyl (C=O) groups excluding carboxylic acids is 2. The van der Waals surface area contributed by atoms with E-state index in [9.17, 15) is 9.59 Å². The Morgan fingerprint density at radius 2 is 2.05 bits per heavy atom. The monoisotopic (exact) mass is 300 g/mol. The number of nitrogens with two attached hydrogens (primary N) is 1.